The SMILES string of the molecule is COc1ccc(SC(C)C(=O)Nc2cc(F)ccc2C)cc1. The molecule has 0 radical (unpaired) electrons. The maximum Gasteiger partial charge on any atom is 0.237 e. The van der Waals surface area contributed by atoms with Crippen LogP contribution >= 0.6 is 11.8 Å². The number of carbonyl (C=O) groups is 1. The lowest BCUT2D eigenvalue weighted by Crippen LogP contribution is -2.22. The van der Waals surface area contributed by atoms with Gasteiger partial charge in [0.15, 0.2) is 0 Å². The van der Waals surface area contributed by atoms with Gasteiger partial charge in [0.25, 0.3) is 0 Å². The molecule has 0 aliphatic carbocycles. The number of carbonyl (C=O) groups excluding carboxylic acids is 1. The molecule has 0 spiro atoms. The molecule has 0 aliphatic rings. The fourth-order valence-corrected chi connectivity index (χ4v) is 2.74. The van der Waals surface area contributed by atoms with Crippen LogP contribution < -0.4 is 10.1 Å². The molecule has 0 fully saturated rings. The first-order chi connectivity index (χ1) is 10.5. The van der Waals surface area contributed by atoms with Crippen LogP contribution in [0.1, 0.15) is 12.5 Å². The summed E-state index contributed by atoms with van der Waals surface area (Å²) in [7, 11) is 1.61. The van der Waals surface area contributed by atoms with Gasteiger partial charge in [0.05, 0.1) is 12.4 Å². The van der Waals surface area contributed by atoms with Gasteiger partial charge in [0.1, 0.15) is 11.6 Å². The highest BCUT2D eigenvalue weighted by Crippen LogP contribution is 2.26. The van der Waals surface area contributed by atoms with Crippen LogP contribution in [-0.4, -0.2) is 18.3 Å². The molecule has 3 nitrogen and oxygen atoms in total. The van der Waals surface area contributed by atoms with Crippen LogP contribution in [0.4, 0.5) is 10.1 Å². The molecule has 0 saturated carbocycles. The molecule has 116 valence electrons. The molecule has 0 heterocycles. The van der Waals surface area contributed by atoms with Gasteiger partial charge in [-0.3, -0.25) is 4.79 Å². The van der Waals surface area contributed by atoms with Crippen LogP contribution in [0.3, 0.4) is 0 Å². The number of benzene rings is 2. The van der Waals surface area contributed by atoms with Gasteiger partial charge in [0.2, 0.25) is 5.91 Å². The zero-order valence-corrected chi connectivity index (χ0v) is 13.5. The fraction of sp³-hybridized carbons (Fsp3) is 0.235. The quantitative estimate of drug-likeness (QED) is 0.837. The highest BCUT2D eigenvalue weighted by Gasteiger charge is 2.15. The van der Waals surface area contributed by atoms with E-state index in [1.54, 1.807) is 13.2 Å². The van der Waals surface area contributed by atoms with Gasteiger partial charge >= 0.3 is 0 Å². The second-order valence-corrected chi connectivity index (χ2v) is 6.30. The van der Waals surface area contributed by atoms with Crippen molar-refractivity contribution in [2.45, 2.75) is 24.0 Å². The summed E-state index contributed by atoms with van der Waals surface area (Å²) in [5.41, 5.74) is 1.34. The smallest absolute Gasteiger partial charge is 0.237 e. The number of anilines is 1. The molecule has 2 aromatic carbocycles. The lowest BCUT2D eigenvalue weighted by atomic mass is 10.2. The minimum atomic E-state index is -0.364. The van der Waals surface area contributed by atoms with Crippen LogP contribution in [0.15, 0.2) is 47.4 Å². The number of thioether (sulfide) groups is 1. The average molecular weight is 319 g/mol. The summed E-state index contributed by atoms with van der Waals surface area (Å²) in [6.07, 6.45) is 0. The van der Waals surface area contributed by atoms with E-state index < -0.39 is 0 Å². The highest BCUT2D eigenvalue weighted by molar-refractivity contribution is 8.00. The van der Waals surface area contributed by atoms with Crippen LogP contribution in [0, 0.1) is 12.7 Å². The van der Waals surface area contributed by atoms with E-state index in [-0.39, 0.29) is 17.0 Å². The van der Waals surface area contributed by atoms with E-state index in [2.05, 4.69) is 5.32 Å². The largest absolute Gasteiger partial charge is 0.497 e. The van der Waals surface area contributed by atoms with Crippen molar-refractivity contribution in [1.82, 2.24) is 0 Å². The zero-order chi connectivity index (χ0) is 16.1. The number of amides is 1. The van der Waals surface area contributed by atoms with Crippen molar-refractivity contribution in [2.24, 2.45) is 0 Å². The molecule has 22 heavy (non-hydrogen) atoms. The molecule has 1 N–H and O–H groups in total. The van der Waals surface area contributed by atoms with Gasteiger partial charge < -0.3 is 10.1 Å². The zero-order valence-electron chi connectivity index (χ0n) is 12.7. The molecular formula is C17H18FNO2S. The van der Waals surface area contributed by atoms with E-state index in [9.17, 15) is 9.18 Å². The maximum absolute atomic E-state index is 13.2. The first-order valence-corrected chi connectivity index (χ1v) is 7.75. The molecule has 0 aromatic heterocycles. The van der Waals surface area contributed by atoms with E-state index in [1.807, 2.05) is 38.1 Å². The monoisotopic (exact) mass is 319 g/mol. The van der Waals surface area contributed by atoms with Crippen LogP contribution in [0.2, 0.25) is 0 Å². The first kappa shape index (κ1) is 16.4. The lowest BCUT2D eigenvalue weighted by molar-refractivity contribution is -0.115. The normalized spacial score (nSPS) is 11.8. The number of methoxy groups -OCH3 is 1. The summed E-state index contributed by atoms with van der Waals surface area (Å²) in [4.78, 5) is 13.2. The Morgan fingerprint density at radius 2 is 1.91 bits per heavy atom. The fourth-order valence-electron chi connectivity index (χ4n) is 1.88. The Labute approximate surface area is 133 Å². The molecule has 1 amide bonds. The molecule has 2 aromatic rings. The van der Waals surface area contributed by atoms with Gasteiger partial charge in [0, 0.05) is 10.6 Å². The third-order valence-corrected chi connectivity index (χ3v) is 4.31. The Balaban J connectivity index is 2.00. The van der Waals surface area contributed by atoms with Crippen molar-refractivity contribution < 1.29 is 13.9 Å². The van der Waals surface area contributed by atoms with Crippen molar-refractivity contribution in [3.05, 3.63) is 53.8 Å². The molecular weight excluding hydrogens is 301 g/mol. The summed E-state index contributed by atoms with van der Waals surface area (Å²) >= 11 is 1.44. The molecule has 5 heteroatoms. The van der Waals surface area contributed by atoms with E-state index in [0.717, 1.165) is 16.2 Å². The number of hydrogen-bond acceptors (Lipinski definition) is 3. The van der Waals surface area contributed by atoms with Crippen LogP contribution in [0.25, 0.3) is 0 Å². The maximum atomic E-state index is 13.2. The van der Waals surface area contributed by atoms with Crippen molar-refractivity contribution >= 4 is 23.4 Å². The van der Waals surface area contributed by atoms with Gasteiger partial charge in [-0.15, -0.1) is 11.8 Å². The Kier molecular flexibility index (Phi) is 5.44. The van der Waals surface area contributed by atoms with Crippen molar-refractivity contribution in [3.8, 4) is 5.75 Å². The highest BCUT2D eigenvalue weighted by atomic mass is 32.2. The van der Waals surface area contributed by atoms with Crippen molar-refractivity contribution in [2.75, 3.05) is 12.4 Å². The lowest BCUT2D eigenvalue weighted by Gasteiger charge is -2.14. The van der Waals surface area contributed by atoms with Gasteiger partial charge in [-0.2, -0.15) is 0 Å². The second-order valence-electron chi connectivity index (χ2n) is 4.88. The molecule has 1 unspecified atom stereocenters. The van der Waals surface area contributed by atoms with Gasteiger partial charge in [-0.1, -0.05) is 6.07 Å². The Hall–Kier alpha value is -2.01. The average Bonchev–Trinajstić information content (AvgIpc) is 2.51. The topological polar surface area (TPSA) is 38.3 Å². The standard InChI is InChI=1S/C17H18FNO2S/c1-11-4-5-13(18)10-16(11)19-17(20)12(2)22-15-8-6-14(21-3)7-9-15/h4-10,12H,1-3H3,(H,19,20). The molecule has 1 atom stereocenters. The van der Waals surface area contributed by atoms with Crippen LogP contribution in [-0.2, 0) is 4.79 Å². The summed E-state index contributed by atoms with van der Waals surface area (Å²) < 4.78 is 18.3. The minimum absolute atomic E-state index is 0.158. The van der Waals surface area contributed by atoms with Gasteiger partial charge in [-0.25, -0.2) is 4.39 Å². The Morgan fingerprint density at radius 1 is 1.23 bits per heavy atom. The summed E-state index contributed by atoms with van der Waals surface area (Å²) in [5, 5.41) is 2.47. The number of aryl methyl sites for hydroxylation is 1. The molecule has 0 saturated heterocycles. The third-order valence-electron chi connectivity index (χ3n) is 3.20. The summed E-state index contributed by atoms with van der Waals surface area (Å²) in [6.45, 7) is 3.65. The first-order valence-electron chi connectivity index (χ1n) is 6.87. The summed E-state index contributed by atoms with van der Waals surface area (Å²) in [5.74, 6) is 0.253. The van der Waals surface area contributed by atoms with Crippen LogP contribution in [0.5, 0.6) is 5.75 Å². The van der Waals surface area contributed by atoms with Gasteiger partial charge in [-0.05, 0) is 55.8 Å². The number of ether oxygens (including phenoxy) is 1. The minimum Gasteiger partial charge on any atom is -0.497 e. The number of rotatable bonds is 5. The Bertz CT molecular complexity index is 658. The van der Waals surface area contributed by atoms with Crippen molar-refractivity contribution in [1.29, 1.82) is 0 Å². The van der Waals surface area contributed by atoms with E-state index >= 15 is 0 Å². The molecule has 2 rings (SSSR count). The Morgan fingerprint density at radius 3 is 2.55 bits per heavy atom. The number of hydrogen-bond donors (Lipinski definition) is 1. The van der Waals surface area contributed by atoms with Crippen molar-refractivity contribution in [3.63, 3.8) is 0 Å². The predicted molar refractivity (Wildman–Crippen MR) is 88.1 cm³/mol. The van der Waals surface area contributed by atoms with E-state index in [4.69, 9.17) is 4.74 Å². The number of nitrogens with one attached hydrogen (secondary N) is 1. The molecule has 0 bridgehead atoms. The van der Waals surface area contributed by atoms with E-state index in [0.29, 0.717) is 5.69 Å². The second kappa shape index (κ2) is 7.31. The van der Waals surface area contributed by atoms with E-state index in [1.165, 1.54) is 23.9 Å². The predicted octanol–water partition coefficient (Wildman–Crippen LogP) is 4.26. The molecule has 0 aliphatic heterocycles. The number of halogens is 1. The third kappa shape index (κ3) is 4.24. The summed E-state index contributed by atoms with van der Waals surface area (Å²) in [6, 6.07) is 11.9.